The van der Waals surface area contributed by atoms with E-state index in [1.807, 2.05) is 31.3 Å². The van der Waals surface area contributed by atoms with Gasteiger partial charge in [-0.1, -0.05) is 6.07 Å². The summed E-state index contributed by atoms with van der Waals surface area (Å²) in [6, 6.07) is 6.58. The molecular weight excluding hydrogens is 384 g/mol. The second kappa shape index (κ2) is 9.78. The van der Waals surface area contributed by atoms with Crippen LogP contribution >= 0.6 is 11.3 Å². The van der Waals surface area contributed by atoms with E-state index in [0.717, 1.165) is 49.2 Å². The first-order chi connectivity index (χ1) is 13.9. The number of rotatable bonds is 8. The molecule has 3 N–H and O–H groups in total. The number of likely N-dealkylation sites (tertiary alicyclic amines) is 1. The zero-order chi connectivity index (χ0) is 20.9. The van der Waals surface area contributed by atoms with Gasteiger partial charge >= 0.3 is 0 Å². The maximum absolute atomic E-state index is 11.0. The molecule has 2 unspecified atom stereocenters. The fraction of sp³-hybridized carbons (Fsp3) is 0.591. The first-order valence-corrected chi connectivity index (χ1v) is 11.4. The minimum Gasteiger partial charge on any atom is -0.466 e. The Morgan fingerprint density at radius 2 is 2.10 bits per heavy atom. The van der Waals surface area contributed by atoms with Crippen molar-refractivity contribution in [1.82, 2.24) is 15.5 Å². The van der Waals surface area contributed by atoms with Crippen LogP contribution in [0, 0.1) is 13.8 Å². The molecule has 160 valence electrons. The molecule has 0 saturated carbocycles. The molecule has 6 nitrogen and oxygen atoms in total. The smallest absolute Gasteiger partial charge is 0.191 e. The van der Waals surface area contributed by atoms with E-state index in [1.54, 1.807) is 6.92 Å². The molecule has 1 fully saturated rings. The summed E-state index contributed by atoms with van der Waals surface area (Å²) < 4.78 is 5.59. The predicted octanol–water partition coefficient (Wildman–Crippen LogP) is 3.56. The summed E-state index contributed by atoms with van der Waals surface area (Å²) in [5.41, 5.74) is -0.283. The Labute approximate surface area is 178 Å². The second-order valence-corrected chi connectivity index (χ2v) is 8.93. The average Bonchev–Trinajstić information content (AvgIpc) is 3.42. The molecule has 2 aromatic heterocycles. The molecule has 0 aromatic carbocycles. The summed E-state index contributed by atoms with van der Waals surface area (Å²) in [5.74, 6) is 2.27. The van der Waals surface area contributed by atoms with E-state index in [1.165, 1.54) is 17.7 Å². The van der Waals surface area contributed by atoms with E-state index in [2.05, 4.69) is 45.0 Å². The minimum atomic E-state index is -1.08. The van der Waals surface area contributed by atoms with Crippen molar-refractivity contribution in [3.8, 4) is 0 Å². The average molecular weight is 419 g/mol. The third-order valence-corrected chi connectivity index (χ3v) is 6.40. The number of thiophene rings is 1. The van der Waals surface area contributed by atoms with E-state index in [4.69, 9.17) is 4.42 Å². The van der Waals surface area contributed by atoms with Gasteiger partial charge in [-0.2, -0.15) is 0 Å². The third-order valence-electron chi connectivity index (χ3n) is 5.43. The summed E-state index contributed by atoms with van der Waals surface area (Å²) in [5, 5.41) is 19.9. The van der Waals surface area contributed by atoms with Gasteiger partial charge in [0, 0.05) is 23.5 Å². The summed E-state index contributed by atoms with van der Waals surface area (Å²) >= 11 is 1.81. The lowest BCUT2D eigenvalue weighted by atomic mass is 9.96. The molecule has 7 heteroatoms. The van der Waals surface area contributed by atoms with Crippen LogP contribution in [0.25, 0.3) is 0 Å². The van der Waals surface area contributed by atoms with Gasteiger partial charge in [-0.05, 0) is 71.1 Å². The van der Waals surface area contributed by atoms with E-state index in [-0.39, 0.29) is 6.54 Å². The molecule has 2 atom stereocenters. The Morgan fingerprint density at radius 3 is 2.69 bits per heavy atom. The van der Waals surface area contributed by atoms with E-state index >= 15 is 0 Å². The number of aliphatic imine (C=N–C) groups is 1. The van der Waals surface area contributed by atoms with E-state index in [0.29, 0.717) is 6.04 Å². The second-order valence-electron chi connectivity index (χ2n) is 7.95. The summed E-state index contributed by atoms with van der Waals surface area (Å²) in [4.78, 5) is 8.61. The summed E-state index contributed by atoms with van der Waals surface area (Å²) in [6.07, 6.45) is 2.53. The Kier molecular flexibility index (Phi) is 7.38. The van der Waals surface area contributed by atoms with Gasteiger partial charge < -0.3 is 20.2 Å². The van der Waals surface area contributed by atoms with Crippen LogP contribution in [-0.2, 0) is 5.60 Å². The molecule has 0 bridgehead atoms. The quantitative estimate of drug-likeness (QED) is 0.452. The van der Waals surface area contributed by atoms with Crippen LogP contribution in [0.2, 0.25) is 0 Å². The van der Waals surface area contributed by atoms with Crippen molar-refractivity contribution in [3.05, 3.63) is 45.5 Å². The number of hydrogen-bond donors (Lipinski definition) is 3. The topological polar surface area (TPSA) is 73.0 Å². The van der Waals surface area contributed by atoms with Gasteiger partial charge in [0.1, 0.15) is 17.1 Å². The number of furan rings is 1. The van der Waals surface area contributed by atoms with E-state index in [9.17, 15) is 5.11 Å². The highest BCUT2D eigenvalue weighted by Gasteiger charge is 2.28. The highest BCUT2D eigenvalue weighted by Crippen LogP contribution is 2.28. The van der Waals surface area contributed by atoms with Crippen LogP contribution in [0.1, 0.15) is 54.7 Å². The summed E-state index contributed by atoms with van der Waals surface area (Å²) in [7, 11) is 0. The standard InChI is InChI=1S/C22H34N4O2S/c1-5-23-21(25-15-22(4,27)18-13-16(2)28-17(18)3)24-14-19(20-9-8-12-29-20)26-10-6-7-11-26/h8-9,12-13,19,27H,5-7,10-11,14-15H2,1-4H3,(H2,23,24,25). The lowest BCUT2D eigenvalue weighted by molar-refractivity contribution is 0.0657. The molecule has 3 heterocycles. The molecule has 2 aromatic rings. The number of aliphatic hydroxyl groups is 1. The lowest BCUT2D eigenvalue weighted by Gasteiger charge is -2.28. The first-order valence-electron chi connectivity index (χ1n) is 10.5. The van der Waals surface area contributed by atoms with Crippen LogP contribution in [-0.4, -0.2) is 48.7 Å². The van der Waals surface area contributed by atoms with Gasteiger partial charge in [0.05, 0.1) is 12.6 Å². The highest BCUT2D eigenvalue weighted by atomic mass is 32.1. The molecule has 3 rings (SSSR count). The monoisotopic (exact) mass is 418 g/mol. The van der Waals surface area contributed by atoms with Crippen molar-refractivity contribution < 1.29 is 9.52 Å². The Morgan fingerprint density at radius 1 is 1.34 bits per heavy atom. The zero-order valence-electron chi connectivity index (χ0n) is 18.0. The Hall–Kier alpha value is -1.83. The number of nitrogens with zero attached hydrogens (tertiary/aromatic N) is 2. The van der Waals surface area contributed by atoms with Gasteiger partial charge in [-0.3, -0.25) is 4.90 Å². The van der Waals surface area contributed by atoms with Crippen molar-refractivity contribution in [2.45, 2.75) is 52.2 Å². The van der Waals surface area contributed by atoms with Gasteiger partial charge in [0.2, 0.25) is 0 Å². The molecule has 1 aliphatic rings. The Balaban J connectivity index is 1.69. The SMILES string of the molecule is CCNC(=NCC(C)(O)c1cc(C)oc1C)NCC(c1cccs1)N1CCCC1. The van der Waals surface area contributed by atoms with Crippen molar-refractivity contribution in [1.29, 1.82) is 0 Å². The summed E-state index contributed by atoms with van der Waals surface area (Å²) in [6.45, 7) is 11.7. The van der Waals surface area contributed by atoms with Crippen LogP contribution in [0.5, 0.6) is 0 Å². The molecule has 0 aliphatic carbocycles. The van der Waals surface area contributed by atoms with Crippen LogP contribution < -0.4 is 10.6 Å². The highest BCUT2D eigenvalue weighted by molar-refractivity contribution is 7.10. The number of guanidine groups is 1. The lowest BCUT2D eigenvalue weighted by Crippen LogP contribution is -2.43. The van der Waals surface area contributed by atoms with Gasteiger partial charge in [-0.15, -0.1) is 11.3 Å². The zero-order valence-corrected chi connectivity index (χ0v) is 18.8. The number of hydrogen-bond acceptors (Lipinski definition) is 5. The third kappa shape index (κ3) is 5.62. The first kappa shape index (κ1) is 21.9. The predicted molar refractivity (Wildman–Crippen MR) is 120 cm³/mol. The number of aryl methyl sites for hydroxylation is 2. The normalized spacial score (nSPS) is 18.6. The molecule has 1 saturated heterocycles. The van der Waals surface area contributed by atoms with Crippen molar-refractivity contribution in [2.24, 2.45) is 4.99 Å². The molecule has 1 aliphatic heterocycles. The van der Waals surface area contributed by atoms with Crippen molar-refractivity contribution >= 4 is 17.3 Å². The number of nitrogens with one attached hydrogen (secondary N) is 2. The van der Waals surface area contributed by atoms with Crippen molar-refractivity contribution in [3.63, 3.8) is 0 Å². The maximum atomic E-state index is 11.0. The molecule has 0 spiro atoms. The molecular formula is C22H34N4O2S. The Bertz CT molecular complexity index is 792. The fourth-order valence-corrected chi connectivity index (χ4v) is 4.82. The van der Waals surface area contributed by atoms with Crippen molar-refractivity contribution in [2.75, 3.05) is 32.7 Å². The minimum absolute atomic E-state index is 0.259. The van der Waals surface area contributed by atoms with Crippen LogP contribution in [0.3, 0.4) is 0 Å². The molecule has 29 heavy (non-hydrogen) atoms. The largest absolute Gasteiger partial charge is 0.466 e. The van der Waals surface area contributed by atoms with Gasteiger partial charge in [0.25, 0.3) is 0 Å². The van der Waals surface area contributed by atoms with Crippen LogP contribution in [0.4, 0.5) is 0 Å². The molecule has 0 amide bonds. The van der Waals surface area contributed by atoms with Gasteiger partial charge in [-0.25, -0.2) is 4.99 Å². The fourth-order valence-electron chi connectivity index (χ4n) is 3.96. The van der Waals surface area contributed by atoms with Gasteiger partial charge in [0.15, 0.2) is 5.96 Å². The van der Waals surface area contributed by atoms with E-state index < -0.39 is 5.60 Å². The maximum Gasteiger partial charge on any atom is 0.191 e. The molecule has 0 radical (unpaired) electrons. The van der Waals surface area contributed by atoms with Crippen LogP contribution in [0.15, 0.2) is 33.0 Å².